The Morgan fingerprint density at radius 3 is 2.69 bits per heavy atom. The quantitative estimate of drug-likeness (QED) is 0.722. The van der Waals surface area contributed by atoms with Gasteiger partial charge in [-0.1, -0.05) is 19.1 Å². The van der Waals surface area contributed by atoms with Gasteiger partial charge in [0, 0.05) is 6.54 Å². The molecule has 13 heavy (non-hydrogen) atoms. The van der Waals surface area contributed by atoms with E-state index in [9.17, 15) is 4.39 Å². The number of allylic oxidation sites excluding steroid dienone is 1. The van der Waals surface area contributed by atoms with Crippen molar-refractivity contribution in [3.63, 3.8) is 0 Å². The highest BCUT2D eigenvalue weighted by Gasteiger charge is 1.92. The number of halogens is 1. The first-order valence-corrected chi connectivity index (χ1v) is 4.19. The van der Waals surface area contributed by atoms with Crippen molar-refractivity contribution in [1.29, 1.82) is 0 Å². The van der Waals surface area contributed by atoms with E-state index in [1.54, 1.807) is 0 Å². The number of nitrogens with zero attached hydrogens (tertiary/aromatic N) is 2. The minimum absolute atomic E-state index is 0.422. The van der Waals surface area contributed by atoms with Crippen molar-refractivity contribution in [3.8, 4) is 0 Å². The molecular weight excluding hydrogens is 169 g/mol. The highest BCUT2D eigenvalue weighted by Crippen LogP contribution is 1.97. The standard InChI is InChI=1S/C9H12FN3/c1-2-3-4-5-11-9-12-6-8(10)7-13-9/h3-4,6-7H,2,5H2,1H3,(H,11,12,13)/b4-3+. The molecule has 1 heterocycles. The van der Waals surface area contributed by atoms with Crippen molar-refractivity contribution in [2.45, 2.75) is 13.3 Å². The predicted octanol–water partition coefficient (Wildman–Crippen LogP) is 1.99. The lowest BCUT2D eigenvalue weighted by molar-refractivity contribution is 0.614. The summed E-state index contributed by atoms with van der Waals surface area (Å²) in [6.45, 7) is 2.73. The van der Waals surface area contributed by atoms with Crippen molar-refractivity contribution < 1.29 is 4.39 Å². The van der Waals surface area contributed by atoms with Crippen LogP contribution in [0.5, 0.6) is 0 Å². The Labute approximate surface area is 76.7 Å². The van der Waals surface area contributed by atoms with Crippen molar-refractivity contribution in [2.75, 3.05) is 11.9 Å². The van der Waals surface area contributed by atoms with Crippen LogP contribution in [0.1, 0.15) is 13.3 Å². The Kier molecular flexibility index (Phi) is 3.88. The summed E-state index contributed by atoms with van der Waals surface area (Å²) in [7, 11) is 0. The number of aromatic nitrogens is 2. The summed E-state index contributed by atoms with van der Waals surface area (Å²) in [4.78, 5) is 7.49. The van der Waals surface area contributed by atoms with Crippen molar-refractivity contribution in [1.82, 2.24) is 9.97 Å². The predicted molar refractivity (Wildman–Crippen MR) is 49.9 cm³/mol. The second-order valence-corrected chi connectivity index (χ2v) is 2.49. The summed E-state index contributed by atoms with van der Waals surface area (Å²) in [5, 5.41) is 2.93. The van der Waals surface area contributed by atoms with Crippen LogP contribution in [-0.2, 0) is 0 Å². The van der Waals surface area contributed by atoms with Gasteiger partial charge in [0.15, 0.2) is 5.82 Å². The molecule has 0 saturated carbocycles. The molecule has 0 spiro atoms. The summed E-state index contributed by atoms with van der Waals surface area (Å²) in [5.41, 5.74) is 0. The van der Waals surface area contributed by atoms with E-state index in [1.807, 2.05) is 12.2 Å². The van der Waals surface area contributed by atoms with E-state index < -0.39 is 5.82 Å². The Morgan fingerprint density at radius 2 is 2.08 bits per heavy atom. The maximum absolute atomic E-state index is 12.4. The molecule has 1 aromatic heterocycles. The van der Waals surface area contributed by atoms with Crippen LogP contribution < -0.4 is 5.32 Å². The lowest BCUT2D eigenvalue weighted by Gasteiger charge is -1.99. The first-order chi connectivity index (χ1) is 6.33. The maximum atomic E-state index is 12.4. The lowest BCUT2D eigenvalue weighted by atomic mass is 10.4. The fourth-order valence-corrected chi connectivity index (χ4v) is 0.804. The average molecular weight is 181 g/mol. The SMILES string of the molecule is CC/C=C/CNc1ncc(F)cn1. The molecule has 0 aliphatic heterocycles. The molecule has 0 radical (unpaired) electrons. The third-order valence-electron chi connectivity index (χ3n) is 1.40. The van der Waals surface area contributed by atoms with E-state index in [2.05, 4.69) is 22.2 Å². The van der Waals surface area contributed by atoms with Crippen LogP contribution in [-0.4, -0.2) is 16.5 Å². The van der Waals surface area contributed by atoms with Gasteiger partial charge < -0.3 is 5.32 Å². The zero-order chi connectivity index (χ0) is 9.52. The topological polar surface area (TPSA) is 37.8 Å². The minimum atomic E-state index is -0.422. The molecule has 0 bridgehead atoms. The lowest BCUT2D eigenvalue weighted by Crippen LogP contribution is -2.02. The van der Waals surface area contributed by atoms with E-state index in [1.165, 1.54) is 0 Å². The largest absolute Gasteiger partial charge is 0.351 e. The van der Waals surface area contributed by atoms with Crippen LogP contribution in [0.3, 0.4) is 0 Å². The minimum Gasteiger partial charge on any atom is -0.351 e. The van der Waals surface area contributed by atoms with Crippen molar-refractivity contribution >= 4 is 5.95 Å². The van der Waals surface area contributed by atoms with Crippen LogP contribution in [0.25, 0.3) is 0 Å². The van der Waals surface area contributed by atoms with Gasteiger partial charge in [0.25, 0.3) is 0 Å². The maximum Gasteiger partial charge on any atom is 0.223 e. The first-order valence-electron chi connectivity index (χ1n) is 4.19. The molecule has 1 N–H and O–H groups in total. The van der Waals surface area contributed by atoms with Crippen LogP contribution in [0.2, 0.25) is 0 Å². The van der Waals surface area contributed by atoms with Crippen LogP contribution in [0, 0.1) is 5.82 Å². The van der Waals surface area contributed by atoms with Gasteiger partial charge in [-0.3, -0.25) is 0 Å². The van der Waals surface area contributed by atoms with E-state index in [4.69, 9.17) is 0 Å². The average Bonchev–Trinajstić information content (AvgIpc) is 2.15. The monoisotopic (exact) mass is 181 g/mol. The van der Waals surface area contributed by atoms with Gasteiger partial charge in [0.1, 0.15) is 0 Å². The van der Waals surface area contributed by atoms with E-state index in [-0.39, 0.29) is 0 Å². The van der Waals surface area contributed by atoms with Crippen molar-refractivity contribution in [2.24, 2.45) is 0 Å². The second kappa shape index (κ2) is 5.24. The highest BCUT2D eigenvalue weighted by atomic mass is 19.1. The number of anilines is 1. The second-order valence-electron chi connectivity index (χ2n) is 2.49. The molecule has 0 amide bonds. The molecule has 70 valence electrons. The number of rotatable bonds is 4. The summed E-state index contributed by atoms with van der Waals surface area (Å²) < 4.78 is 12.4. The van der Waals surface area contributed by atoms with Gasteiger partial charge in [-0.05, 0) is 6.42 Å². The van der Waals surface area contributed by atoms with Gasteiger partial charge in [0.2, 0.25) is 5.95 Å². The van der Waals surface area contributed by atoms with Gasteiger partial charge in [-0.25, -0.2) is 14.4 Å². The summed E-state index contributed by atoms with van der Waals surface area (Å²) in [6.07, 6.45) is 7.30. The van der Waals surface area contributed by atoms with Crippen molar-refractivity contribution in [3.05, 3.63) is 30.4 Å². The van der Waals surface area contributed by atoms with Gasteiger partial charge >= 0.3 is 0 Å². The van der Waals surface area contributed by atoms with Crippen LogP contribution in [0.4, 0.5) is 10.3 Å². The zero-order valence-electron chi connectivity index (χ0n) is 7.50. The summed E-state index contributed by atoms with van der Waals surface area (Å²) in [5.74, 6) is 0.0248. The Balaban J connectivity index is 2.37. The van der Waals surface area contributed by atoms with E-state index >= 15 is 0 Å². The molecule has 0 aromatic carbocycles. The van der Waals surface area contributed by atoms with Crippen LogP contribution >= 0.6 is 0 Å². The fraction of sp³-hybridized carbons (Fsp3) is 0.333. The van der Waals surface area contributed by atoms with E-state index in [0.29, 0.717) is 12.5 Å². The third kappa shape index (κ3) is 3.64. The molecule has 0 aliphatic rings. The molecule has 1 aromatic rings. The Hall–Kier alpha value is -1.45. The fourth-order valence-electron chi connectivity index (χ4n) is 0.804. The number of hydrogen-bond acceptors (Lipinski definition) is 3. The molecule has 0 fully saturated rings. The summed E-state index contributed by atoms with van der Waals surface area (Å²) >= 11 is 0. The molecule has 3 nitrogen and oxygen atoms in total. The highest BCUT2D eigenvalue weighted by molar-refractivity contribution is 5.23. The van der Waals surface area contributed by atoms with Crippen LogP contribution in [0.15, 0.2) is 24.5 Å². The Morgan fingerprint density at radius 1 is 1.38 bits per heavy atom. The summed E-state index contributed by atoms with van der Waals surface area (Å²) in [6, 6.07) is 0. The molecule has 1 rings (SSSR count). The molecule has 0 atom stereocenters. The Bertz CT molecular complexity index is 269. The van der Waals surface area contributed by atoms with Gasteiger partial charge in [-0.15, -0.1) is 0 Å². The first kappa shape index (κ1) is 9.64. The third-order valence-corrected chi connectivity index (χ3v) is 1.40. The van der Waals surface area contributed by atoms with E-state index in [0.717, 1.165) is 18.8 Å². The number of hydrogen-bond donors (Lipinski definition) is 1. The molecule has 0 aliphatic carbocycles. The molecule has 4 heteroatoms. The zero-order valence-corrected chi connectivity index (χ0v) is 7.50. The molecule has 0 saturated heterocycles. The molecule has 0 unspecified atom stereocenters. The van der Waals surface area contributed by atoms with Gasteiger partial charge in [0.05, 0.1) is 12.4 Å². The van der Waals surface area contributed by atoms with Gasteiger partial charge in [-0.2, -0.15) is 0 Å². The smallest absolute Gasteiger partial charge is 0.223 e. The normalized spacial score (nSPS) is 10.6. The number of nitrogens with one attached hydrogen (secondary N) is 1. The molecular formula is C9H12FN3.